The highest BCUT2D eigenvalue weighted by Crippen LogP contribution is 2.15. The van der Waals surface area contributed by atoms with E-state index in [0.29, 0.717) is 12.5 Å². The molecule has 6 heteroatoms. The molecule has 1 unspecified atom stereocenters. The van der Waals surface area contributed by atoms with Gasteiger partial charge in [0.15, 0.2) is 5.96 Å². The average molecular weight is 353 g/mol. The summed E-state index contributed by atoms with van der Waals surface area (Å²) >= 11 is 5.87. The van der Waals surface area contributed by atoms with Crippen molar-refractivity contribution in [2.75, 3.05) is 53.9 Å². The standard InChI is InChI=1S/C18H29ClN4O/c1-20-18(21-13-15-5-4-10-22(2)14-15)23(3)11-12-24-17-8-6-16(19)7-9-17/h6-9,15H,4-5,10-14H2,1-3H3,(H,20,21). The van der Waals surface area contributed by atoms with Crippen molar-refractivity contribution >= 4 is 17.6 Å². The Morgan fingerprint density at radius 1 is 1.42 bits per heavy atom. The van der Waals surface area contributed by atoms with E-state index in [1.165, 1.54) is 19.4 Å². The Bertz CT molecular complexity index is 520. The first-order valence-corrected chi connectivity index (χ1v) is 8.95. The van der Waals surface area contributed by atoms with Crippen molar-refractivity contribution in [2.45, 2.75) is 12.8 Å². The highest BCUT2D eigenvalue weighted by Gasteiger charge is 2.17. The van der Waals surface area contributed by atoms with Gasteiger partial charge < -0.3 is 19.9 Å². The largest absolute Gasteiger partial charge is 0.492 e. The lowest BCUT2D eigenvalue weighted by Crippen LogP contribution is -2.45. The van der Waals surface area contributed by atoms with Gasteiger partial charge in [0.1, 0.15) is 12.4 Å². The minimum Gasteiger partial charge on any atom is -0.492 e. The normalized spacial score (nSPS) is 19.2. The molecule has 5 nitrogen and oxygen atoms in total. The van der Waals surface area contributed by atoms with E-state index in [-0.39, 0.29) is 0 Å². The molecule has 1 aromatic rings. The molecule has 1 saturated heterocycles. The molecule has 1 aliphatic heterocycles. The fourth-order valence-corrected chi connectivity index (χ4v) is 3.12. The fourth-order valence-electron chi connectivity index (χ4n) is 3.00. The lowest BCUT2D eigenvalue weighted by Gasteiger charge is -2.31. The smallest absolute Gasteiger partial charge is 0.193 e. The molecule has 1 aliphatic rings. The molecule has 0 aliphatic carbocycles. The number of piperidine rings is 1. The first kappa shape index (κ1) is 18.9. The zero-order valence-electron chi connectivity index (χ0n) is 15.0. The molecule has 0 radical (unpaired) electrons. The minimum atomic E-state index is 0.602. The van der Waals surface area contributed by atoms with Crippen molar-refractivity contribution in [3.63, 3.8) is 0 Å². The number of rotatable bonds is 6. The zero-order valence-corrected chi connectivity index (χ0v) is 15.7. The molecular weight excluding hydrogens is 324 g/mol. The maximum atomic E-state index is 5.87. The van der Waals surface area contributed by atoms with E-state index in [0.717, 1.165) is 36.4 Å². The van der Waals surface area contributed by atoms with Gasteiger partial charge in [-0.25, -0.2) is 0 Å². The quantitative estimate of drug-likeness (QED) is 0.631. The summed E-state index contributed by atoms with van der Waals surface area (Å²) in [7, 11) is 6.06. The van der Waals surface area contributed by atoms with Crippen LogP contribution in [0.3, 0.4) is 0 Å². The van der Waals surface area contributed by atoms with Crippen LogP contribution in [0.2, 0.25) is 5.02 Å². The van der Waals surface area contributed by atoms with Crippen molar-refractivity contribution in [2.24, 2.45) is 10.9 Å². The molecule has 2 rings (SSSR count). The van der Waals surface area contributed by atoms with Gasteiger partial charge in [-0.3, -0.25) is 4.99 Å². The van der Waals surface area contributed by atoms with Crippen LogP contribution in [-0.4, -0.2) is 69.7 Å². The van der Waals surface area contributed by atoms with Crippen LogP contribution >= 0.6 is 11.6 Å². The van der Waals surface area contributed by atoms with Crippen molar-refractivity contribution in [3.05, 3.63) is 29.3 Å². The summed E-state index contributed by atoms with van der Waals surface area (Å²) in [6.07, 6.45) is 2.57. The molecule has 1 aromatic carbocycles. The van der Waals surface area contributed by atoms with E-state index in [1.54, 1.807) is 0 Å². The third-order valence-corrected chi connectivity index (χ3v) is 4.61. The predicted octanol–water partition coefficient (Wildman–Crippen LogP) is 2.57. The lowest BCUT2D eigenvalue weighted by atomic mass is 9.99. The highest BCUT2D eigenvalue weighted by atomic mass is 35.5. The molecule has 1 fully saturated rings. The Morgan fingerprint density at radius 2 is 2.17 bits per heavy atom. The first-order chi connectivity index (χ1) is 11.6. The number of likely N-dealkylation sites (N-methyl/N-ethyl adjacent to an activating group) is 1. The number of hydrogen-bond donors (Lipinski definition) is 1. The van der Waals surface area contributed by atoms with Crippen molar-refractivity contribution in [3.8, 4) is 5.75 Å². The summed E-state index contributed by atoms with van der Waals surface area (Å²) in [5, 5.41) is 4.21. The Kier molecular flexibility index (Phi) is 7.66. The SMILES string of the molecule is CN=C(NCC1CCCN(C)C1)N(C)CCOc1ccc(Cl)cc1. The Balaban J connectivity index is 1.70. The molecule has 1 atom stereocenters. The topological polar surface area (TPSA) is 40.1 Å². The van der Waals surface area contributed by atoms with E-state index in [4.69, 9.17) is 16.3 Å². The number of ether oxygens (including phenoxy) is 1. The second-order valence-corrected chi connectivity index (χ2v) is 6.86. The van der Waals surface area contributed by atoms with Crippen LogP contribution in [0.5, 0.6) is 5.75 Å². The van der Waals surface area contributed by atoms with Crippen LogP contribution < -0.4 is 10.1 Å². The van der Waals surface area contributed by atoms with E-state index in [1.807, 2.05) is 38.4 Å². The van der Waals surface area contributed by atoms with Crippen molar-refractivity contribution in [1.29, 1.82) is 0 Å². The lowest BCUT2D eigenvalue weighted by molar-refractivity contribution is 0.209. The average Bonchev–Trinajstić information content (AvgIpc) is 2.57. The summed E-state index contributed by atoms with van der Waals surface area (Å²) in [6, 6.07) is 7.44. The third kappa shape index (κ3) is 6.21. The summed E-state index contributed by atoms with van der Waals surface area (Å²) in [5.41, 5.74) is 0. The molecule has 0 spiro atoms. The van der Waals surface area contributed by atoms with Gasteiger partial charge in [0.25, 0.3) is 0 Å². The minimum absolute atomic E-state index is 0.602. The molecule has 1 N–H and O–H groups in total. The Labute approximate surface area is 150 Å². The van der Waals surface area contributed by atoms with Crippen molar-refractivity contribution < 1.29 is 4.74 Å². The fraction of sp³-hybridized carbons (Fsp3) is 0.611. The van der Waals surface area contributed by atoms with Gasteiger partial charge >= 0.3 is 0 Å². The summed E-state index contributed by atoms with van der Waals surface area (Å²) < 4.78 is 5.75. The van der Waals surface area contributed by atoms with Gasteiger partial charge in [-0.2, -0.15) is 0 Å². The number of nitrogens with zero attached hydrogens (tertiary/aromatic N) is 3. The first-order valence-electron chi connectivity index (χ1n) is 8.57. The number of hydrogen-bond acceptors (Lipinski definition) is 3. The number of halogens is 1. The van der Waals surface area contributed by atoms with E-state index in [2.05, 4.69) is 27.2 Å². The molecule has 24 heavy (non-hydrogen) atoms. The van der Waals surface area contributed by atoms with Crippen LogP contribution in [0.4, 0.5) is 0 Å². The second-order valence-electron chi connectivity index (χ2n) is 6.42. The zero-order chi connectivity index (χ0) is 17.4. The molecular formula is C18H29ClN4O. The highest BCUT2D eigenvalue weighted by molar-refractivity contribution is 6.30. The summed E-state index contributed by atoms with van der Waals surface area (Å²) in [6.45, 7) is 4.72. The van der Waals surface area contributed by atoms with E-state index in [9.17, 15) is 0 Å². The predicted molar refractivity (Wildman–Crippen MR) is 101 cm³/mol. The van der Waals surface area contributed by atoms with Gasteiger partial charge in [0.05, 0.1) is 6.54 Å². The van der Waals surface area contributed by atoms with Gasteiger partial charge in [0, 0.05) is 32.2 Å². The molecule has 134 valence electrons. The maximum Gasteiger partial charge on any atom is 0.193 e. The Hall–Kier alpha value is -1.46. The molecule has 0 amide bonds. The van der Waals surface area contributed by atoms with Crippen molar-refractivity contribution in [1.82, 2.24) is 15.1 Å². The van der Waals surface area contributed by atoms with Crippen LogP contribution in [0.25, 0.3) is 0 Å². The number of nitrogens with one attached hydrogen (secondary N) is 1. The molecule has 0 saturated carbocycles. The van der Waals surface area contributed by atoms with Crippen LogP contribution in [0.15, 0.2) is 29.3 Å². The Morgan fingerprint density at radius 3 is 2.83 bits per heavy atom. The summed E-state index contributed by atoms with van der Waals surface area (Å²) in [4.78, 5) is 8.88. The van der Waals surface area contributed by atoms with Gasteiger partial charge in [-0.15, -0.1) is 0 Å². The molecule has 0 aromatic heterocycles. The monoisotopic (exact) mass is 352 g/mol. The molecule has 0 bridgehead atoms. The van der Waals surface area contributed by atoms with Crippen LogP contribution in [-0.2, 0) is 0 Å². The maximum absolute atomic E-state index is 5.87. The third-order valence-electron chi connectivity index (χ3n) is 4.35. The number of aliphatic imine (C=N–C) groups is 1. The molecule has 1 heterocycles. The van der Waals surface area contributed by atoms with E-state index < -0.39 is 0 Å². The second kappa shape index (κ2) is 9.74. The number of guanidine groups is 1. The van der Waals surface area contributed by atoms with Crippen LogP contribution in [0, 0.1) is 5.92 Å². The van der Waals surface area contributed by atoms with Crippen LogP contribution in [0.1, 0.15) is 12.8 Å². The van der Waals surface area contributed by atoms with E-state index >= 15 is 0 Å². The van der Waals surface area contributed by atoms with Gasteiger partial charge in [0.2, 0.25) is 0 Å². The number of benzene rings is 1. The number of likely N-dealkylation sites (tertiary alicyclic amines) is 1. The van der Waals surface area contributed by atoms with Gasteiger partial charge in [-0.1, -0.05) is 11.6 Å². The van der Waals surface area contributed by atoms with Gasteiger partial charge in [-0.05, 0) is 56.6 Å². The summed E-state index contributed by atoms with van der Waals surface area (Å²) in [5.74, 6) is 2.45.